The van der Waals surface area contributed by atoms with Crippen molar-refractivity contribution in [3.63, 3.8) is 0 Å². The minimum Gasteiger partial charge on any atom is -0.389 e. The summed E-state index contributed by atoms with van der Waals surface area (Å²) in [6.07, 6.45) is -0.416. The third-order valence-corrected chi connectivity index (χ3v) is 2.52. The third kappa shape index (κ3) is 7.97. The summed E-state index contributed by atoms with van der Waals surface area (Å²) >= 11 is 0. The molecule has 0 aromatic heterocycles. The summed E-state index contributed by atoms with van der Waals surface area (Å²) in [5.74, 6) is 0. The molecule has 1 fully saturated rings. The molecular formula is C12H25NO5. The van der Waals surface area contributed by atoms with Gasteiger partial charge in [-0.3, -0.25) is 0 Å². The Bertz CT molecular complexity index is 187. The standard InChI is InChI=1S/C12H25NO5/c1-2-15-3-4-16-9-11(14)7-13-8-12-10-17-5-6-18-12/h11-14H,2-10H2,1H3. The topological polar surface area (TPSA) is 69.2 Å². The molecule has 1 aliphatic heterocycles. The average molecular weight is 263 g/mol. The van der Waals surface area contributed by atoms with E-state index in [-0.39, 0.29) is 6.10 Å². The first-order valence-corrected chi connectivity index (χ1v) is 6.56. The van der Waals surface area contributed by atoms with E-state index in [0.29, 0.717) is 59.3 Å². The fraction of sp³-hybridized carbons (Fsp3) is 1.00. The number of hydrogen-bond donors (Lipinski definition) is 2. The van der Waals surface area contributed by atoms with E-state index < -0.39 is 6.10 Å². The predicted molar refractivity (Wildman–Crippen MR) is 66.7 cm³/mol. The molecule has 18 heavy (non-hydrogen) atoms. The zero-order valence-corrected chi connectivity index (χ0v) is 11.1. The van der Waals surface area contributed by atoms with Gasteiger partial charge in [0, 0.05) is 19.7 Å². The Morgan fingerprint density at radius 1 is 1.33 bits per heavy atom. The molecule has 6 heteroatoms. The highest BCUT2D eigenvalue weighted by molar-refractivity contribution is 4.66. The highest BCUT2D eigenvalue weighted by Crippen LogP contribution is 1.98. The predicted octanol–water partition coefficient (Wildman–Crippen LogP) is -0.595. The van der Waals surface area contributed by atoms with E-state index in [1.165, 1.54) is 0 Å². The van der Waals surface area contributed by atoms with Crippen molar-refractivity contribution in [3.8, 4) is 0 Å². The highest BCUT2D eigenvalue weighted by Gasteiger charge is 2.14. The number of ether oxygens (including phenoxy) is 4. The Morgan fingerprint density at radius 3 is 2.89 bits per heavy atom. The second-order valence-electron chi connectivity index (χ2n) is 4.15. The van der Waals surface area contributed by atoms with E-state index >= 15 is 0 Å². The molecule has 0 spiro atoms. The molecule has 0 amide bonds. The Kier molecular flexibility index (Phi) is 9.37. The van der Waals surface area contributed by atoms with Crippen LogP contribution in [0, 0.1) is 0 Å². The van der Waals surface area contributed by atoms with Crippen LogP contribution in [-0.2, 0) is 18.9 Å². The van der Waals surface area contributed by atoms with Gasteiger partial charge in [-0.05, 0) is 6.92 Å². The molecule has 0 aliphatic carbocycles. The van der Waals surface area contributed by atoms with Gasteiger partial charge in [-0.15, -0.1) is 0 Å². The minimum atomic E-state index is -0.504. The molecule has 0 radical (unpaired) electrons. The van der Waals surface area contributed by atoms with Crippen LogP contribution in [0.2, 0.25) is 0 Å². The maximum atomic E-state index is 9.63. The summed E-state index contributed by atoms with van der Waals surface area (Å²) in [7, 11) is 0. The van der Waals surface area contributed by atoms with Crippen LogP contribution in [-0.4, -0.2) is 76.7 Å². The van der Waals surface area contributed by atoms with Crippen LogP contribution in [0.5, 0.6) is 0 Å². The zero-order valence-electron chi connectivity index (χ0n) is 11.1. The SMILES string of the molecule is CCOCCOCC(O)CNCC1COCCO1. The van der Waals surface area contributed by atoms with E-state index in [1.807, 2.05) is 6.92 Å². The normalized spacial score (nSPS) is 22.0. The smallest absolute Gasteiger partial charge is 0.0933 e. The quantitative estimate of drug-likeness (QED) is 0.513. The van der Waals surface area contributed by atoms with Crippen molar-refractivity contribution in [3.05, 3.63) is 0 Å². The lowest BCUT2D eigenvalue weighted by Gasteiger charge is -2.23. The Hall–Kier alpha value is -0.240. The van der Waals surface area contributed by atoms with Crippen LogP contribution < -0.4 is 5.32 Å². The van der Waals surface area contributed by atoms with Crippen molar-refractivity contribution in [2.75, 3.05) is 59.3 Å². The third-order valence-electron chi connectivity index (χ3n) is 2.52. The molecule has 6 nitrogen and oxygen atoms in total. The van der Waals surface area contributed by atoms with Gasteiger partial charge in [-0.1, -0.05) is 0 Å². The van der Waals surface area contributed by atoms with Crippen LogP contribution in [0.25, 0.3) is 0 Å². The molecule has 108 valence electrons. The Balaban J connectivity index is 1.88. The summed E-state index contributed by atoms with van der Waals surface area (Å²) in [6.45, 7) is 7.17. The molecule has 2 N–H and O–H groups in total. The monoisotopic (exact) mass is 263 g/mol. The first kappa shape index (κ1) is 15.8. The van der Waals surface area contributed by atoms with Gasteiger partial charge in [0.05, 0.1) is 51.8 Å². The number of aliphatic hydroxyl groups excluding tert-OH is 1. The summed E-state index contributed by atoms with van der Waals surface area (Å²) in [5.41, 5.74) is 0. The van der Waals surface area contributed by atoms with Crippen LogP contribution in [0.3, 0.4) is 0 Å². The molecule has 2 atom stereocenters. The van der Waals surface area contributed by atoms with Crippen molar-refractivity contribution in [2.45, 2.75) is 19.1 Å². The van der Waals surface area contributed by atoms with Gasteiger partial charge in [-0.2, -0.15) is 0 Å². The lowest BCUT2D eigenvalue weighted by atomic mass is 10.3. The molecule has 1 rings (SSSR count). The molecule has 0 aromatic rings. The second kappa shape index (κ2) is 10.7. The number of hydrogen-bond acceptors (Lipinski definition) is 6. The van der Waals surface area contributed by atoms with Crippen molar-refractivity contribution < 1.29 is 24.1 Å². The minimum absolute atomic E-state index is 0.0878. The molecule has 1 heterocycles. The molecule has 1 aliphatic rings. The fourth-order valence-corrected chi connectivity index (χ4v) is 1.61. The first-order chi connectivity index (χ1) is 8.83. The van der Waals surface area contributed by atoms with Crippen molar-refractivity contribution in [1.82, 2.24) is 5.32 Å². The number of rotatable bonds is 10. The van der Waals surface area contributed by atoms with Crippen molar-refractivity contribution >= 4 is 0 Å². The largest absolute Gasteiger partial charge is 0.389 e. The van der Waals surface area contributed by atoms with Gasteiger partial charge < -0.3 is 29.4 Å². The van der Waals surface area contributed by atoms with Gasteiger partial charge in [0.2, 0.25) is 0 Å². The van der Waals surface area contributed by atoms with Gasteiger partial charge >= 0.3 is 0 Å². The molecular weight excluding hydrogens is 238 g/mol. The summed E-state index contributed by atoms with van der Waals surface area (Å²) in [4.78, 5) is 0. The maximum absolute atomic E-state index is 9.63. The van der Waals surface area contributed by atoms with Crippen molar-refractivity contribution in [2.24, 2.45) is 0 Å². The second-order valence-corrected chi connectivity index (χ2v) is 4.15. The van der Waals surface area contributed by atoms with Gasteiger partial charge in [0.15, 0.2) is 0 Å². The van der Waals surface area contributed by atoms with Crippen LogP contribution in [0.15, 0.2) is 0 Å². The molecule has 0 bridgehead atoms. The lowest BCUT2D eigenvalue weighted by Crippen LogP contribution is -2.40. The van der Waals surface area contributed by atoms with Crippen LogP contribution in [0.4, 0.5) is 0 Å². The van der Waals surface area contributed by atoms with Gasteiger partial charge in [0.25, 0.3) is 0 Å². The Labute approximate surface area is 109 Å². The lowest BCUT2D eigenvalue weighted by molar-refractivity contribution is -0.0872. The van der Waals surface area contributed by atoms with Crippen molar-refractivity contribution in [1.29, 1.82) is 0 Å². The average Bonchev–Trinajstić information content (AvgIpc) is 2.40. The number of aliphatic hydroxyl groups is 1. The summed E-state index contributed by atoms with van der Waals surface area (Å²) in [5, 5.41) is 12.8. The van der Waals surface area contributed by atoms with E-state index in [1.54, 1.807) is 0 Å². The fourth-order valence-electron chi connectivity index (χ4n) is 1.61. The molecule has 0 aromatic carbocycles. The highest BCUT2D eigenvalue weighted by atomic mass is 16.6. The van der Waals surface area contributed by atoms with Gasteiger partial charge in [0.1, 0.15) is 0 Å². The van der Waals surface area contributed by atoms with E-state index in [2.05, 4.69) is 5.32 Å². The molecule has 0 saturated carbocycles. The maximum Gasteiger partial charge on any atom is 0.0933 e. The Morgan fingerprint density at radius 2 is 2.17 bits per heavy atom. The van der Waals surface area contributed by atoms with Crippen LogP contribution in [0.1, 0.15) is 6.92 Å². The van der Waals surface area contributed by atoms with Crippen LogP contribution >= 0.6 is 0 Å². The van der Waals surface area contributed by atoms with E-state index in [9.17, 15) is 5.11 Å². The molecule has 1 saturated heterocycles. The summed E-state index contributed by atoms with van der Waals surface area (Å²) < 4.78 is 21.1. The molecule has 2 unspecified atom stereocenters. The zero-order chi connectivity index (χ0) is 13.1. The van der Waals surface area contributed by atoms with E-state index in [4.69, 9.17) is 18.9 Å². The number of nitrogens with one attached hydrogen (secondary N) is 1. The van der Waals surface area contributed by atoms with Gasteiger partial charge in [-0.25, -0.2) is 0 Å². The first-order valence-electron chi connectivity index (χ1n) is 6.56. The summed E-state index contributed by atoms with van der Waals surface area (Å²) in [6, 6.07) is 0. The van der Waals surface area contributed by atoms with E-state index in [0.717, 1.165) is 0 Å².